The first-order valence-electron chi connectivity index (χ1n) is 6.75. The molecule has 112 valence electrons. The normalized spacial score (nSPS) is 13.9. The summed E-state index contributed by atoms with van der Waals surface area (Å²) in [5.41, 5.74) is 4.21. The zero-order chi connectivity index (χ0) is 15.2. The number of benzene rings is 2. The molecule has 21 heavy (non-hydrogen) atoms. The summed E-state index contributed by atoms with van der Waals surface area (Å²) < 4.78 is 19.3. The first-order valence-corrected chi connectivity index (χ1v) is 7.12. The molecular formula is C16H18ClFN2O. The fourth-order valence-electron chi connectivity index (χ4n) is 2.30. The van der Waals surface area contributed by atoms with Gasteiger partial charge in [-0.3, -0.25) is 5.84 Å². The average Bonchev–Trinajstić information content (AvgIpc) is 2.51. The van der Waals surface area contributed by atoms with Crippen LogP contribution in [-0.2, 0) is 4.74 Å². The van der Waals surface area contributed by atoms with E-state index in [0.717, 1.165) is 5.56 Å². The van der Waals surface area contributed by atoms with Crippen molar-refractivity contribution in [3.05, 3.63) is 70.5 Å². The summed E-state index contributed by atoms with van der Waals surface area (Å²) in [6.45, 7) is 2.40. The number of nitrogens with two attached hydrogens (primary N) is 1. The first kappa shape index (κ1) is 15.9. The van der Waals surface area contributed by atoms with Crippen molar-refractivity contribution in [3.8, 4) is 0 Å². The predicted molar refractivity (Wildman–Crippen MR) is 82.3 cm³/mol. The van der Waals surface area contributed by atoms with E-state index in [4.69, 9.17) is 22.2 Å². The van der Waals surface area contributed by atoms with Crippen LogP contribution < -0.4 is 11.3 Å². The Kier molecular flexibility index (Phi) is 5.70. The third kappa shape index (κ3) is 3.80. The fourth-order valence-corrected chi connectivity index (χ4v) is 2.54. The molecule has 3 nitrogen and oxygen atoms in total. The lowest BCUT2D eigenvalue weighted by Crippen LogP contribution is -2.34. The lowest BCUT2D eigenvalue weighted by atomic mass is 9.96. The van der Waals surface area contributed by atoms with Crippen molar-refractivity contribution in [1.29, 1.82) is 0 Å². The molecular weight excluding hydrogens is 291 g/mol. The van der Waals surface area contributed by atoms with E-state index in [2.05, 4.69) is 5.43 Å². The Morgan fingerprint density at radius 1 is 1.24 bits per heavy atom. The molecule has 3 N–H and O–H groups in total. The van der Waals surface area contributed by atoms with Crippen LogP contribution in [-0.4, -0.2) is 6.61 Å². The van der Waals surface area contributed by atoms with Crippen LogP contribution in [0.4, 0.5) is 4.39 Å². The molecule has 0 bridgehead atoms. The van der Waals surface area contributed by atoms with Gasteiger partial charge in [0.25, 0.3) is 0 Å². The Hall–Kier alpha value is -1.46. The minimum absolute atomic E-state index is 0.361. The molecule has 2 aromatic carbocycles. The van der Waals surface area contributed by atoms with Gasteiger partial charge in [0.05, 0.1) is 6.04 Å². The van der Waals surface area contributed by atoms with Crippen LogP contribution >= 0.6 is 11.6 Å². The number of hydrogen-bond donors (Lipinski definition) is 2. The van der Waals surface area contributed by atoms with Crippen molar-refractivity contribution in [2.24, 2.45) is 5.84 Å². The quantitative estimate of drug-likeness (QED) is 0.631. The average molecular weight is 309 g/mol. The van der Waals surface area contributed by atoms with Gasteiger partial charge < -0.3 is 4.74 Å². The van der Waals surface area contributed by atoms with Gasteiger partial charge in [0.2, 0.25) is 0 Å². The second-order valence-electron chi connectivity index (χ2n) is 4.60. The van der Waals surface area contributed by atoms with Crippen molar-refractivity contribution in [1.82, 2.24) is 5.43 Å². The van der Waals surface area contributed by atoms with Gasteiger partial charge >= 0.3 is 0 Å². The third-order valence-electron chi connectivity index (χ3n) is 3.25. The van der Waals surface area contributed by atoms with Crippen molar-refractivity contribution in [2.75, 3.05) is 6.61 Å². The smallest absolute Gasteiger partial charge is 0.123 e. The van der Waals surface area contributed by atoms with E-state index in [-0.39, 0.29) is 11.9 Å². The highest BCUT2D eigenvalue weighted by Crippen LogP contribution is 2.35. The summed E-state index contributed by atoms with van der Waals surface area (Å²) in [6.07, 6.45) is -0.361. The number of halogens is 2. The molecule has 0 aliphatic heterocycles. The van der Waals surface area contributed by atoms with Gasteiger partial charge in [0.1, 0.15) is 11.9 Å². The van der Waals surface area contributed by atoms with E-state index in [1.807, 2.05) is 37.3 Å². The molecule has 2 aromatic rings. The lowest BCUT2D eigenvalue weighted by Gasteiger charge is -2.28. The molecule has 5 heteroatoms. The van der Waals surface area contributed by atoms with Crippen LogP contribution in [0.5, 0.6) is 0 Å². The molecule has 2 unspecified atom stereocenters. The van der Waals surface area contributed by atoms with Crippen molar-refractivity contribution in [3.63, 3.8) is 0 Å². The summed E-state index contributed by atoms with van der Waals surface area (Å²) in [7, 11) is 0. The Balaban J connectivity index is 2.43. The molecule has 0 saturated carbocycles. The topological polar surface area (TPSA) is 47.3 Å². The molecule has 0 radical (unpaired) electrons. The van der Waals surface area contributed by atoms with Gasteiger partial charge in [-0.25, -0.2) is 9.82 Å². The Labute approximate surface area is 128 Å². The standard InChI is InChI=1S/C16H18ClFN2O/c1-2-21-16(11-6-4-3-5-7-11)15(20-19)13-10-12(18)8-9-14(13)17/h3-10,15-16,20H,2,19H2,1H3. The third-order valence-corrected chi connectivity index (χ3v) is 3.59. The molecule has 0 fully saturated rings. The lowest BCUT2D eigenvalue weighted by molar-refractivity contribution is 0.0326. The number of ether oxygens (including phenoxy) is 1. The zero-order valence-corrected chi connectivity index (χ0v) is 12.5. The molecule has 0 aliphatic carbocycles. The van der Waals surface area contributed by atoms with Crippen LogP contribution in [0.1, 0.15) is 30.2 Å². The highest BCUT2D eigenvalue weighted by Gasteiger charge is 2.26. The van der Waals surface area contributed by atoms with Gasteiger partial charge in [-0.05, 0) is 36.2 Å². The fraction of sp³-hybridized carbons (Fsp3) is 0.250. The van der Waals surface area contributed by atoms with E-state index in [1.165, 1.54) is 18.2 Å². The minimum atomic E-state index is -0.449. The number of nitrogens with one attached hydrogen (secondary N) is 1. The van der Waals surface area contributed by atoms with Crippen molar-refractivity contribution < 1.29 is 9.13 Å². The van der Waals surface area contributed by atoms with Crippen LogP contribution in [0.2, 0.25) is 5.02 Å². The van der Waals surface area contributed by atoms with Crippen LogP contribution in [0, 0.1) is 5.82 Å². The maximum atomic E-state index is 13.5. The van der Waals surface area contributed by atoms with E-state index < -0.39 is 6.04 Å². The van der Waals surface area contributed by atoms with Crippen LogP contribution in [0.15, 0.2) is 48.5 Å². The maximum Gasteiger partial charge on any atom is 0.123 e. The predicted octanol–water partition coefficient (Wildman–Crippen LogP) is 3.76. The SMILES string of the molecule is CCOC(c1ccccc1)C(NN)c1cc(F)ccc1Cl. The molecule has 0 aromatic heterocycles. The largest absolute Gasteiger partial charge is 0.372 e. The Morgan fingerprint density at radius 2 is 1.95 bits per heavy atom. The second-order valence-corrected chi connectivity index (χ2v) is 5.00. The first-order chi connectivity index (χ1) is 10.2. The molecule has 0 spiro atoms. The molecule has 2 rings (SSSR count). The summed E-state index contributed by atoms with van der Waals surface area (Å²) in [4.78, 5) is 0. The second kappa shape index (κ2) is 7.52. The zero-order valence-electron chi connectivity index (χ0n) is 11.7. The molecule has 0 heterocycles. The van der Waals surface area contributed by atoms with Gasteiger partial charge in [0.15, 0.2) is 0 Å². The van der Waals surface area contributed by atoms with Gasteiger partial charge in [-0.2, -0.15) is 0 Å². The van der Waals surface area contributed by atoms with Crippen molar-refractivity contribution >= 4 is 11.6 Å². The van der Waals surface area contributed by atoms with Crippen LogP contribution in [0.25, 0.3) is 0 Å². The van der Waals surface area contributed by atoms with Gasteiger partial charge in [-0.1, -0.05) is 41.9 Å². The number of hydrazine groups is 1. The van der Waals surface area contributed by atoms with Crippen LogP contribution in [0.3, 0.4) is 0 Å². The van der Waals surface area contributed by atoms with E-state index in [1.54, 1.807) is 0 Å². The highest BCUT2D eigenvalue weighted by molar-refractivity contribution is 6.31. The summed E-state index contributed by atoms with van der Waals surface area (Å²) in [5, 5.41) is 0.444. The molecule has 0 saturated heterocycles. The van der Waals surface area contributed by atoms with E-state index in [0.29, 0.717) is 17.2 Å². The molecule has 0 aliphatic rings. The Bertz CT molecular complexity index is 580. The molecule has 2 atom stereocenters. The monoisotopic (exact) mass is 308 g/mol. The van der Waals surface area contributed by atoms with Gasteiger partial charge in [0, 0.05) is 11.6 Å². The minimum Gasteiger partial charge on any atom is -0.372 e. The highest BCUT2D eigenvalue weighted by atomic mass is 35.5. The van der Waals surface area contributed by atoms with E-state index in [9.17, 15) is 4.39 Å². The number of rotatable bonds is 6. The molecule has 0 amide bonds. The Morgan fingerprint density at radius 3 is 2.57 bits per heavy atom. The summed E-state index contributed by atoms with van der Waals surface area (Å²) in [5.74, 6) is 5.32. The van der Waals surface area contributed by atoms with Crippen molar-refractivity contribution in [2.45, 2.75) is 19.1 Å². The van der Waals surface area contributed by atoms with Gasteiger partial charge in [-0.15, -0.1) is 0 Å². The van der Waals surface area contributed by atoms with E-state index >= 15 is 0 Å². The number of hydrogen-bond acceptors (Lipinski definition) is 3. The summed E-state index contributed by atoms with van der Waals surface area (Å²) >= 11 is 6.18. The maximum absolute atomic E-state index is 13.5. The summed E-state index contributed by atoms with van der Waals surface area (Å²) in [6, 6.07) is 13.4.